The number of carbonyl (C=O) groups excluding carboxylic acids is 2. The molecule has 2 rings (SSSR count). The number of carbonyl (C=O) groups is 2. The average Bonchev–Trinajstić information content (AvgIpc) is 2.61. The quantitative estimate of drug-likeness (QED) is 0.776. The number of rotatable bonds is 6. The van der Waals surface area contributed by atoms with Crippen molar-refractivity contribution >= 4 is 21.7 Å². The molecule has 7 nitrogen and oxygen atoms in total. The molecule has 0 radical (unpaired) electrons. The van der Waals surface area contributed by atoms with E-state index in [4.69, 9.17) is 10.00 Å². The zero-order valence-corrected chi connectivity index (χ0v) is 14.9. The molecule has 8 heteroatoms. The first-order valence-electron chi connectivity index (χ1n) is 7.58. The number of nitrogens with zero attached hydrogens (tertiary/aromatic N) is 1. The summed E-state index contributed by atoms with van der Waals surface area (Å²) in [7, 11) is -4.17. The van der Waals surface area contributed by atoms with Crippen LogP contribution in [0.4, 0.5) is 0 Å². The number of amides is 1. The molecule has 1 N–H and O–H groups in total. The van der Waals surface area contributed by atoms with E-state index in [0.29, 0.717) is 0 Å². The molecule has 1 atom stereocenters. The highest BCUT2D eigenvalue weighted by molar-refractivity contribution is 7.90. The van der Waals surface area contributed by atoms with E-state index < -0.39 is 22.0 Å². The smallest absolute Gasteiger partial charge is 0.274 e. The average molecular weight is 372 g/mol. The second kappa shape index (κ2) is 7.80. The molecule has 0 unspecified atom stereocenters. The summed E-state index contributed by atoms with van der Waals surface area (Å²) in [6.45, 7) is 2.68. The van der Waals surface area contributed by atoms with Gasteiger partial charge in [-0.1, -0.05) is 24.3 Å². The van der Waals surface area contributed by atoms with E-state index in [1.54, 1.807) is 12.1 Å². The standard InChI is InChI=1S/C18H16N2O5S/c1-12(21)14-7-5-8-16(10-14)26(23,24)20-18(22)13(2)25-17-9-4-3-6-15(17)11-19/h3-10,13H,1-2H3,(H,20,22)/t13-/m1/s1. The van der Waals surface area contributed by atoms with Crippen molar-refractivity contribution in [3.63, 3.8) is 0 Å². The predicted octanol–water partition coefficient (Wildman–Crippen LogP) is 2.03. The van der Waals surface area contributed by atoms with Gasteiger partial charge in [0.15, 0.2) is 11.9 Å². The van der Waals surface area contributed by atoms with Crippen LogP contribution in [0.25, 0.3) is 0 Å². The largest absolute Gasteiger partial charge is 0.479 e. The molecule has 0 fully saturated rings. The number of hydrogen-bond acceptors (Lipinski definition) is 6. The Morgan fingerprint density at radius 3 is 2.50 bits per heavy atom. The molecular formula is C18H16N2O5S. The molecule has 1 amide bonds. The molecule has 0 aromatic heterocycles. The first-order valence-corrected chi connectivity index (χ1v) is 9.06. The Balaban J connectivity index is 2.16. The summed E-state index contributed by atoms with van der Waals surface area (Å²) in [6.07, 6.45) is -1.16. The Morgan fingerprint density at radius 1 is 1.15 bits per heavy atom. The van der Waals surface area contributed by atoms with Crippen molar-refractivity contribution in [2.24, 2.45) is 0 Å². The lowest BCUT2D eigenvalue weighted by Gasteiger charge is -2.15. The second-order valence-corrected chi connectivity index (χ2v) is 7.10. The van der Waals surface area contributed by atoms with E-state index in [1.165, 1.54) is 50.2 Å². The third-order valence-electron chi connectivity index (χ3n) is 3.47. The van der Waals surface area contributed by atoms with E-state index in [0.717, 1.165) is 0 Å². The minimum Gasteiger partial charge on any atom is -0.479 e. The highest BCUT2D eigenvalue weighted by Crippen LogP contribution is 2.18. The van der Waals surface area contributed by atoms with Gasteiger partial charge in [-0.25, -0.2) is 13.1 Å². The minimum atomic E-state index is -4.17. The number of para-hydroxylation sites is 1. The topological polar surface area (TPSA) is 113 Å². The fourth-order valence-electron chi connectivity index (χ4n) is 2.06. The van der Waals surface area contributed by atoms with Gasteiger partial charge in [-0.05, 0) is 38.1 Å². The molecule has 0 aliphatic heterocycles. The van der Waals surface area contributed by atoms with Crippen LogP contribution in [-0.2, 0) is 14.8 Å². The molecule has 0 aliphatic carbocycles. The lowest BCUT2D eigenvalue weighted by Crippen LogP contribution is -2.40. The number of ketones is 1. The van der Waals surface area contributed by atoms with Crippen molar-refractivity contribution in [3.8, 4) is 11.8 Å². The van der Waals surface area contributed by atoms with Crippen molar-refractivity contribution < 1.29 is 22.7 Å². The molecule has 134 valence electrons. The summed E-state index contributed by atoms with van der Waals surface area (Å²) in [5, 5.41) is 9.02. The predicted molar refractivity (Wildman–Crippen MR) is 93.0 cm³/mol. The summed E-state index contributed by atoms with van der Waals surface area (Å²) in [6, 6.07) is 13.6. The van der Waals surface area contributed by atoms with Gasteiger partial charge in [0.2, 0.25) is 0 Å². The van der Waals surface area contributed by atoms with Gasteiger partial charge in [-0.2, -0.15) is 5.26 Å². The number of sulfonamides is 1. The molecular weight excluding hydrogens is 356 g/mol. The maximum atomic E-state index is 12.3. The highest BCUT2D eigenvalue weighted by Gasteiger charge is 2.24. The van der Waals surface area contributed by atoms with Crippen LogP contribution in [0.2, 0.25) is 0 Å². The van der Waals surface area contributed by atoms with Crippen LogP contribution in [0.15, 0.2) is 53.4 Å². The zero-order chi connectivity index (χ0) is 19.3. The van der Waals surface area contributed by atoms with Crippen LogP contribution >= 0.6 is 0 Å². The van der Waals surface area contributed by atoms with Crippen molar-refractivity contribution in [2.45, 2.75) is 24.8 Å². The zero-order valence-electron chi connectivity index (χ0n) is 14.1. The molecule has 26 heavy (non-hydrogen) atoms. The number of hydrogen-bond donors (Lipinski definition) is 1. The van der Waals surface area contributed by atoms with Crippen LogP contribution in [0, 0.1) is 11.3 Å². The van der Waals surface area contributed by atoms with Crippen LogP contribution in [0.1, 0.15) is 29.8 Å². The number of benzene rings is 2. The minimum absolute atomic E-state index is 0.175. The first kappa shape index (κ1) is 19.1. The third kappa shape index (κ3) is 4.46. The first-order chi connectivity index (χ1) is 12.2. The van der Waals surface area contributed by atoms with E-state index in [1.807, 2.05) is 10.8 Å². The second-order valence-electron chi connectivity index (χ2n) is 5.42. The third-order valence-corrected chi connectivity index (χ3v) is 4.81. The number of Topliss-reactive ketones (excluding diaryl/α,β-unsaturated/α-hetero) is 1. The Labute approximate surface area is 151 Å². The van der Waals surface area contributed by atoms with Gasteiger partial charge in [0.05, 0.1) is 10.5 Å². The number of nitriles is 1. The number of ether oxygens (including phenoxy) is 1. The summed E-state index contributed by atoms with van der Waals surface area (Å²) in [4.78, 5) is 23.4. The Morgan fingerprint density at radius 2 is 1.85 bits per heavy atom. The molecule has 0 bridgehead atoms. The van der Waals surface area contributed by atoms with Gasteiger partial charge in [0.25, 0.3) is 15.9 Å². The monoisotopic (exact) mass is 372 g/mol. The SMILES string of the molecule is CC(=O)c1cccc(S(=O)(=O)NC(=O)[C@@H](C)Oc2ccccc2C#N)c1. The van der Waals surface area contributed by atoms with Crippen molar-refractivity contribution in [1.29, 1.82) is 5.26 Å². The Bertz CT molecular complexity index is 993. The molecule has 0 spiro atoms. The van der Waals surface area contributed by atoms with Crippen molar-refractivity contribution in [3.05, 3.63) is 59.7 Å². The molecule has 2 aromatic rings. The van der Waals surface area contributed by atoms with E-state index in [2.05, 4.69) is 0 Å². The van der Waals surface area contributed by atoms with Gasteiger partial charge in [-0.15, -0.1) is 0 Å². The molecule has 0 heterocycles. The Kier molecular flexibility index (Phi) is 5.75. The van der Waals surface area contributed by atoms with Crippen LogP contribution in [-0.4, -0.2) is 26.2 Å². The van der Waals surface area contributed by atoms with Crippen molar-refractivity contribution in [1.82, 2.24) is 4.72 Å². The molecule has 0 saturated carbocycles. The van der Waals surface area contributed by atoms with Gasteiger partial charge < -0.3 is 4.74 Å². The summed E-state index contributed by atoms with van der Waals surface area (Å²) in [5.41, 5.74) is 0.441. The van der Waals surface area contributed by atoms with Crippen molar-refractivity contribution in [2.75, 3.05) is 0 Å². The lowest BCUT2D eigenvalue weighted by atomic mass is 10.2. The van der Waals surface area contributed by atoms with E-state index in [9.17, 15) is 18.0 Å². The summed E-state index contributed by atoms with van der Waals surface area (Å²) in [5.74, 6) is -1.02. The molecule has 0 aliphatic rings. The number of nitrogens with one attached hydrogen (secondary N) is 1. The van der Waals surface area contributed by atoms with Gasteiger partial charge in [-0.3, -0.25) is 9.59 Å². The Hall–Kier alpha value is -3.18. The fraction of sp³-hybridized carbons (Fsp3) is 0.167. The molecule has 0 saturated heterocycles. The van der Waals surface area contributed by atoms with Crippen LogP contribution in [0.5, 0.6) is 5.75 Å². The normalized spacial score (nSPS) is 11.9. The lowest BCUT2D eigenvalue weighted by molar-refractivity contribution is -0.125. The van der Waals surface area contributed by atoms with Crippen LogP contribution < -0.4 is 9.46 Å². The van der Waals surface area contributed by atoms with Gasteiger partial charge >= 0.3 is 0 Å². The maximum Gasteiger partial charge on any atom is 0.274 e. The van der Waals surface area contributed by atoms with E-state index >= 15 is 0 Å². The summed E-state index contributed by atoms with van der Waals surface area (Å²) >= 11 is 0. The maximum absolute atomic E-state index is 12.3. The van der Waals surface area contributed by atoms with Gasteiger partial charge in [0.1, 0.15) is 11.8 Å². The fourth-order valence-corrected chi connectivity index (χ4v) is 3.15. The highest BCUT2D eigenvalue weighted by atomic mass is 32.2. The molecule has 2 aromatic carbocycles. The van der Waals surface area contributed by atoms with E-state index in [-0.39, 0.29) is 27.6 Å². The van der Waals surface area contributed by atoms with Gasteiger partial charge in [0, 0.05) is 5.56 Å². The summed E-state index contributed by atoms with van der Waals surface area (Å²) < 4.78 is 32.0. The van der Waals surface area contributed by atoms with Crippen LogP contribution in [0.3, 0.4) is 0 Å².